The van der Waals surface area contributed by atoms with E-state index in [1.165, 1.54) is 6.20 Å². The third-order valence-corrected chi connectivity index (χ3v) is 4.65. The van der Waals surface area contributed by atoms with Gasteiger partial charge < -0.3 is 20.3 Å². The highest BCUT2D eigenvalue weighted by molar-refractivity contribution is 5.95. The number of fused-ring (bicyclic) bond motifs is 4. The summed E-state index contributed by atoms with van der Waals surface area (Å²) in [6, 6.07) is 3.37. The number of methoxy groups -OCH3 is 1. The highest BCUT2D eigenvalue weighted by Gasteiger charge is 2.41. The molecule has 3 aliphatic heterocycles. The van der Waals surface area contributed by atoms with Crippen molar-refractivity contribution in [3.05, 3.63) is 23.9 Å². The standard InChI is InChI=1S/C16H22N4O3/c1-23-7-6-20-13-4-2-12(16(20)22)9-19(10-13)15(21)11-3-5-14(17)18-8-11/h3,5,8,12-13H,2,4,6-7,9-10H2,1H3,(H2,17,18). The van der Waals surface area contributed by atoms with Crippen LogP contribution in [0, 0.1) is 5.92 Å². The Morgan fingerprint density at radius 3 is 2.91 bits per heavy atom. The van der Waals surface area contributed by atoms with Crippen molar-refractivity contribution >= 4 is 17.6 Å². The Balaban J connectivity index is 1.77. The maximum atomic E-state index is 12.7. The Hall–Kier alpha value is -2.15. The molecule has 2 atom stereocenters. The zero-order valence-corrected chi connectivity index (χ0v) is 13.3. The molecule has 2 amide bonds. The molecule has 7 nitrogen and oxygen atoms in total. The SMILES string of the molecule is COCCN1C(=O)C2CCC1CN(C(=O)c1ccc(N)nc1)C2. The first-order chi connectivity index (χ1) is 11.1. The molecule has 2 bridgehead atoms. The summed E-state index contributed by atoms with van der Waals surface area (Å²) in [6.07, 6.45) is 3.27. The third kappa shape index (κ3) is 3.14. The summed E-state index contributed by atoms with van der Waals surface area (Å²) in [7, 11) is 1.63. The largest absolute Gasteiger partial charge is 0.384 e. The molecule has 7 heteroatoms. The highest BCUT2D eigenvalue weighted by atomic mass is 16.5. The number of amides is 2. The summed E-state index contributed by atoms with van der Waals surface area (Å²) in [6.45, 7) is 2.14. The van der Waals surface area contributed by atoms with Crippen LogP contribution < -0.4 is 5.73 Å². The quantitative estimate of drug-likeness (QED) is 0.866. The molecule has 4 rings (SSSR count). The molecule has 0 radical (unpaired) electrons. The van der Waals surface area contributed by atoms with Gasteiger partial charge in [-0.1, -0.05) is 0 Å². The van der Waals surface area contributed by atoms with Crippen molar-refractivity contribution in [2.24, 2.45) is 5.92 Å². The molecular weight excluding hydrogens is 296 g/mol. The number of rotatable bonds is 4. The van der Waals surface area contributed by atoms with Crippen LogP contribution >= 0.6 is 0 Å². The first-order valence-corrected chi connectivity index (χ1v) is 7.90. The molecule has 3 aliphatic rings. The lowest BCUT2D eigenvalue weighted by molar-refractivity contribution is -0.140. The van der Waals surface area contributed by atoms with Crippen LogP contribution in [0.15, 0.2) is 18.3 Å². The van der Waals surface area contributed by atoms with Crippen molar-refractivity contribution in [2.75, 3.05) is 39.1 Å². The van der Waals surface area contributed by atoms with E-state index in [1.807, 2.05) is 4.90 Å². The molecule has 23 heavy (non-hydrogen) atoms. The number of piperidine rings is 1. The number of nitrogen functional groups attached to an aromatic ring is 1. The van der Waals surface area contributed by atoms with E-state index in [1.54, 1.807) is 24.1 Å². The smallest absolute Gasteiger partial charge is 0.255 e. The number of pyridine rings is 1. The minimum absolute atomic E-state index is 0.0714. The number of carbonyl (C=O) groups excluding carboxylic acids is 2. The van der Waals surface area contributed by atoms with Crippen LogP contribution in [0.5, 0.6) is 0 Å². The molecule has 124 valence electrons. The monoisotopic (exact) mass is 318 g/mol. The number of ether oxygens (including phenoxy) is 1. The molecule has 1 aromatic rings. The van der Waals surface area contributed by atoms with Crippen LogP contribution in [0.4, 0.5) is 5.82 Å². The highest BCUT2D eigenvalue weighted by Crippen LogP contribution is 2.29. The van der Waals surface area contributed by atoms with Gasteiger partial charge in [0.15, 0.2) is 0 Å². The molecule has 0 spiro atoms. The second-order valence-corrected chi connectivity index (χ2v) is 6.13. The van der Waals surface area contributed by atoms with Crippen molar-refractivity contribution in [2.45, 2.75) is 18.9 Å². The summed E-state index contributed by atoms with van der Waals surface area (Å²) < 4.78 is 5.10. The zero-order chi connectivity index (χ0) is 16.4. The Labute approximate surface area is 135 Å². The summed E-state index contributed by atoms with van der Waals surface area (Å²) >= 11 is 0. The molecule has 0 aromatic carbocycles. The van der Waals surface area contributed by atoms with Crippen molar-refractivity contribution in [1.29, 1.82) is 0 Å². The van der Waals surface area contributed by atoms with E-state index < -0.39 is 0 Å². The van der Waals surface area contributed by atoms with Gasteiger partial charge in [0, 0.05) is 39.0 Å². The molecule has 0 saturated carbocycles. The Morgan fingerprint density at radius 2 is 2.22 bits per heavy atom. The first kappa shape index (κ1) is 15.7. The van der Waals surface area contributed by atoms with Crippen LogP contribution in [-0.2, 0) is 9.53 Å². The number of hydrogen-bond acceptors (Lipinski definition) is 5. The number of aromatic nitrogens is 1. The van der Waals surface area contributed by atoms with E-state index in [4.69, 9.17) is 10.5 Å². The molecule has 3 fully saturated rings. The van der Waals surface area contributed by atoms with Crippen LogP contribution in [0.25, 0.3) is 0 Å². The topological polar surface area (TPSA) is 88.8 Å². The molecule has 2 N–H and O–H groups in total. The average molecular weight is 318 g/mol. The lowest BCUT2D eigenvalue weighted by Crippen LogP contribution is -2.49. The van der Waals surface area contributed by atoms with E-state index in [-0.39, 0.29) is 23.8 Å². The van der Waals surface area contributed by atoms with Crippen molar-refractivity contribution in [3.63, 3.8) is 0 Å². The summed E-state index contributed by atoms with van der Waals surface area (Å²) in [4.78, 5) is 32.9. The molecule has 2 unspecified atom stereocenters. The predicted octanol–water partition coefficient (Wildman–Crippen LogP) is 0.373. The molecule has 0 aliphatic carbocycles. The van der Waals surface area contributed by atoms with E-state index in [2.05, 4.69) is 4.98 Å². The van der Waals surface area contributed by atoms with Gasteiger partial charge in [-0.2, -0.15) is 0 Å². The Kier molecular flexibility index (Phi) is 4.47. The molecule has 4 heterocycles. The van der Waals surface area contributed by atoms with Gasteiger partial charge in [0.05, 0.1) is 18.1 Å². The predicted molar refractivity (Wildman–Crippen MR) is 84.7 cm³/mol. The lowest BCUT2D eigenvalue weighted by atomic mass is 9.94. The Morgan fingerprint density at radius 1 is 1.39 bits per heavy atom. The van der Waals surface area contributed by atoms with Gasteiger partial charge in [-0.05, 0) is 25.0 Å². The van der Waals surface area contributed by atoms with Crippen molar-refractivity contribution in [1.82, 2.24) is 14.8 Å². The van der Waals surface area contributed by atoms with Crippen molar-refractivity contribution in [3.8, 4) is 0 Å². The van der Waals surface area contributed by atoms with Gasteiger partial charge in [0.25, 0.3) is 5.91 Å². The van der Waals surface area contributed by atoms with E-state index in [9.17, 15) is 9.59 Å². The fourth-order valence-corrected chi connectivity index (χ4v) is 3.40. The number of nitrogens with zero attached hydrogens (tertiary/aromatic N) is 3. The van der Waals surface area contributed by atoms with E-state index in [0.717, 1.165) is 12.8 Å². The summed E-state index contributed by atoms with van der Waals surface area (Å²) in [5.74, 6) is 0.328. The summed E-state index contributed by atoms with van der Waals surface area (Å²) in [5, 5.41) is 0. The van der Waals surface area contributed by atoms with Crippen LogP contribution in [0.3, 0.4) is 0 Å². The fourth-order valence-electron chi connectivity index (χ4n) is 3.40. The maximum Gasteiger partial charge on any atom is 0.255 e. The van der Waals surface area contributed by atoms with Gasteiger partial charge in [0.1, 0.15) is 5.82 Å². The first-order valence-electron chi connectivity index (χ1n) is 7.90. The van der Waals surface area contributed by atoms with Gasteiger partial charge in [-0.25, -0.2) is 4.98 Å². The summed E-state index contributed by atoms with van der Waals surface area (Å²) in [5.41, 5.74) is 6.08. The average Bonchev–Trinajstić information content (AvgIpc) is 2.84. The van der Waals surface area contributed by atoms with Gasteiger partial charge in [-0.15, -0.1) is 0 Å². The molecule has 1 aromatic heterocycles. The number of hydrogen-bond donors (Lipinski definition) is 1. The van der Waals surface area contributed by atoms with Gasteiger partial charge >= 0.3 is 0 Å². The minimum Gasteiger partial charge on any atom is -0.384 e. The Bertz CT molecular complexity index is 589. The molecule has 3 saturated heterocycles. The van der Waals surface area contributed by atoms with Crippen LogP contribution in [-0.4, -0.2) is 66.0 Å². The number of carbonyl (C=O) groups is 2. The molecular formula is C16H22N4O3. The van der Waals surface area contributed by atoms with Gasteiger partial charge in [0.2, 0.25) is 5.91 Å². The fraction of sp³-hybridized carbons (Fsp3) is 0.562. The number of anilines is 1. The van der Waals surface area contributed by atoms with E-state index >= 15 is 0 Å². The van der Waals surface area contributed by atoms with Gasteiger partial charge in [-0.3, -0.25) is 9.59 Å². The number of nitrogens with two attached hydrogens (primary N) is 1. The normalized spacial score (nSPS) is 24.0. The van der Waals surface area contributed by atoms with E-state index in [0.29, 0.717) is 37.6 Å². The zero-order valence-electron chi connectivity index (χ0n) is 13.3. The lowest BCUT2D eigenvalue weighted by Gasteiger charge is -2.35. The second kappa shape index (κ2) is 6.54. The van der Waals surface area contributed by atoms with Crippen LogP contribution in [0.2, 0.25) is 0 Å². The minimum atomic E-state index is -0.115. The maximum absolute atomic E-state index is 12.7. The van der Waals surface area contributed by atoms with Crippen LogP contribution in [0.1, 0.15) is 23.2 Å². The third-order valence-electron chi connectivity index (χ3n) is 4.65. The second-order valence-electron chi connectivity index (χ2n) is 6.13. The van der Waals surface area contributed by atoms with Crippen molar-refractivity contribution < 1.29 is 14.3 Å².